The third-order valence-corrected chi connectivity index (χ3v) is 4.00. The summed E-state index contributed by atoms with van der Waals surface area (Å²) < 4.78 is 0. The van der Waals surface area contributed by atoms with Crippen molar-refractivity contribution >= 4 is 70.1 Å². The molecule has 4 nitrogen and oxygen atoms in total. The first-order chi connectivity index (χ1) is 10.0. The summed E-state index contributed by atoms with van der Waals surface area (Å²) in [5.74, 6) is 0. The van der Waals surface area contributed by atoms with Crippen molar-refractivity contribution in [3.63, 3.8) is 0 Å². The lowest BCUT2D eigenvalue weighted by molar-refractivity contribution is 0.968. The van der Waals surface area contributed by atoms with E-state index in [0.29, 0.717) is 26.5 Å². The number of anilines is 1. The van der Waals surface area contributed by atoms with Gasteiger partial charge in [-0.05, 0) is 24.5 Å². The number of nitrogens with one attached hydrogen (secondary N) is 1. The van der Waals surface area contributed by atoms with Gasteiger partial charge in [0.1, 0.15) is 10.3 Å². The summed E-state index contributed by atoms with van der Waals surface area (Å²) in [6, 6.07) is 5.01. The highest BCUT2D eigenvalue weighted by Gasteiger charge is 2.09. The van der Waals surface area contributed by atoms with E-state index in [4.69, 9.17) is 46.4 Å². The van der Waals surface area contributed by atoms with Crippen LogP contribution in [0.3, 0.4) is 0 Å². The number of hydrogen-bond donors (Lipinski definition) is 1. The van der Waals surface area contributed by atoms with Crippen molar-refractivity contribution in [2.24, 2.45) is 5.10 Å². The Hall–Kier alpha value is -0.720. The Morgan fingerprint density at radius 1 is 1.14 bits per heavy atom. The molecule has 1 aromatic heterocycles. The van der Waals surface area contributed by atoms with Gasteiger partial charge in [-0.15, -0.1) is 0 Å². The summed E-state index contributed by atoms with van der Waals surface area (Å²) in [6.45, 7) is 0. The minimum absolute atomic E-state index is 0.229. The van der Waals surface area contributed by atoms with Gasteiger partial charge in [0.2, 0.25) is 0 Å². The topological polar surface area (TPSA) is 50.2 Å². The molecular weight excluding hydrogens is 374 g/mol. The average Bonchev–Trinajstić information content (AvgIpc) is 2.43. The van der Waals surface area contributed by atoms with E-state index in [-0.39, 0.29) is 10.3 Å². The molecule has 0 aliphatic carbocycles. The molecule has 0 saturated carbocycles. The van der Waals surface area contributed by atoms with Gasteiger partial charge in [-0.3, -0.25) is 5.43 Å². The van der Waals surface area contributed by atoms with Gasteiger partial charge in [0.25, 0.3) is 0 Å². The fraction of sp³-hybridized carbons (Fsp3) is 0.0833. The van der Waals surface area contributed by atoms with E-state index in [1.165, 1.54) is 18.0 Å². The van der Waals surface area contributed by atoms with E-state index in [1.807, 2.05) is 6.26 Å². The van der Waals surface area contributed by atoms with E-state index in [2.05, 4.69) is 20.5 Å². The standard InChI is InChI=1S/C12H8Cl4N4S/c1-21-12-18-10(15)7(11(16)19-12)5-17-20-9-3-2-6(13)4-8(9)14/h2-5,20H,1H3. The predicted octanol–water partition coefficient (Wildman–Crippen LogP) is 5.26. The molecule has 0 amide bonds. The molecule has 0 bridgehead atoms. The number of benzene rings is 1. The monoisotopic (exact) mass is 380 g/mol. The molecule has 0 spiro atoms. The van der Waals surface area contributed by atoms with Crippen molar-refractivity contribution in [3.8, 4) is 0 Å². The first-order valence-corrected chi connectivity index (χ1v) is 8.26. The number of nitrogens with zero attached hydrogens (tertiary/aromatic N) is 3. The van der Waals surface area contributed by atoms with E-state index in [1.54, 1.807) is 18.2 Å². The summed E-state index contributed by atoms with van der Waals surface area (Å²) in [6.07, 6.45) is 3.26. The van der Waals surface area contributed by atoms with Crippen molar-refractivity contribution in [1.29, 1.82) is 0 Å². The van der Waals surface area contributed by atoms with Gasteiger partial charge in [-0.1, -0.05) is 58.2 Å². The van der Waals surface area contributed by atoms with Crippen molar-refractivity contribution in [2.45, 2.75) is 5.16 Å². The highest BCUT2D eigenvalue weighted by Crippen LogP contribution is 2.26. The molecule has 0 radical (unpaired) electrons. The SMILES string of the molecule is CSc1nc(Cl)c(C=NNc2ccc(Cl)cc2Cl)c(Cl)n1. The zero-order valence-corrected chi connectivity index (χ0v) is 14.4. The van der Waals surface area contributed by atoms with E-state index in [0.717, 1.165) is 0 Å². The highest BCUT2D eigenvalue weighted by molar-refractivity contribution is 7.98. The third-order valence-electron chi connectivity index (χ3n) is 2.32. The highest BCUT2D eigenvalue weighted by atomic mass is 35.5. The summed E-state index contributed by atoms with van der Waals surface area (Å²) in [5.41, 5.74) is 3.80. The van der Waals surface area contributed by atoms with E-state index < -0.39 is 0 Å². The van der Waals surface area contributed by atoms with Gasteiger partial charge in [0.15, 0.2) is 5.16 Å². The lowest BCUT2D eigenvalue weighted by Crippen LogP contribution is -1.97. The average molecular weight is 382 g/mol. The van der Waals surface area contributed by atoms with Gasteiger partial charge >= 0.3 is 0 Å². The predicted molar refractivity (Wildman–Crippen MR) is 91.5 cm³/mol. The fourth-order valence-electron chi connectivity index (χ4n) is 1.34. The second kappa shape index (κ2) is 7.51. The second-order valence-electron chi connectivity index (χ2n) is 3.70. The van der Waals surface area contributed by atoms with Crippen molar-refractivity contribution in [2.75, 3.05) is 11.7 Å². The van der Waals surface area contributed by atoms with Crippen LogP contribution < -0.4 is 5.43 Å². The lowest BCUT2D eigenvalue weighted by atomic mass is 10.3. The zero-order valence-electron chi connectivity index (χ0n) is 10.6. The molecular formula is C12H8Cl4N4S. The molecule has 21 heavy (non-hydrogen) atoms. The number of hydrazone groups is 1. The number of halogens is 4. The molecule has 2 aromatic rings. The quantitative estimate of drug-likeness (QED) is 0.258. The first-order valence-electron chi connectivity index (χ1n) is 5.52. The fourth-order valence-corrected chi connectivity index (χ4v) is 2.74. The minimum atomic E-state index is 0.229. The Morgan fingerprint density at radius 3 is 2.38 bits per heavy atom. The Morgan fingerprint density at radius 2 is 1.81 bits per heavy atom. The van der Waals surface area contributed by atoms with Crippen LogP contribution in [-0.4, -0.2) is 22.4 Å². The van der Waals surface area contributed by atoms with E-state index >= 15 is 0 Å². The number of rotatable bonds is 4. The van der Waals surface area contributed by atoms with Crippen LogP contribution in [0.2, 0.25) is 20.4 Å². The zero-order chi connectivity index (χ0) is 15.4. The molecule has 0 aliphatic heterocycles. The molecule has 1 heterocycles. The van der Waals surface area contributed by atoms with Crippen LogP contribution in [0, 0.1) is 0 Å². The number of aromatic nitrogens is 2. The van der Waals surface area contributed by atoms with Crippen LogP contribution in [0.1, 0.15) is 5.56 Å². The molecule has 110 valence electrons. The van der Waals surface area contributed by atoms with Crippen molar-refractivity contribution < 1.29 is 0 Å². The molecule has 1 N–H and O–H groups in total. The minimum Gasteiger partial charge on any atom is -0.277 e. The number of thioether (sulfide) groups is 1. The summed E-state index contributed by atoms with van der Waals surface area (Å²) >= 11 is 25.2. The van der Waals surface area contributed by atoms with Crippen LogP contribution in [0.15, 0.2) is 28.5 Å². The molecule has 9 heteroatoms. The molecule has 0 fully saturated rings. The Bertz CT molecular complexity index is 670. The van der Waals surface area contributed by atoms with E-state index in [9.17, 15) is 0 Å². The van der Waals surface area contributed by atoms with Gasteiger partial charge in [0, 0.05) is 5.02 Å². The summed E-state index contributed by atoms with van der Waals surface area (Å²) in [4.78, 5) is 8.16. The first kappa shape index (κ1) is 16.6. The molecule has 0 atom stereocenters. The van der Waals surface area contributed by atoms with Crippen molar-refractivity contribution in [1.82, 2.24) is 9.97 Å². The normalized spacial score (nSPS) is 11.1. The maximum atomic E-state index is 6.04. The maximum Gasteiger partial charge on any atom is 0.190 e. The van der Waals surface area contributed by atoms with Gasteiger partial charge in [-0.25, -0.2) is 9.97 Å². The van der Waals surface area contributed by atoms with Crippen LogP contribution in [0.5, 0.6) is 0 Å². The molecule has 2 rings (SSSR count). The van der Waals surface area contributed by atoms with Gasteiger partial charge < -0.3 is 0 Å². The van der Waals surface area contributed by atoms with Crippen LogP contribution in [-0.2, 0) is 0 Å². The molecule has 0 aliphatic rings. The van der Waals surface area contributed by atoms with Gasteiger partial charge in [-0.2, -0.15) is 5.10 Å². The largest absolute Gasteiger partial charge is 0.277 e. The lowest BCUT2D eigenvalue weighted by Gasteiger charge is -2.04. The van der Waals surface area contributed by atoms with Crippen molar-refractivity contribution in [3.05, 3.63) is 44.1 Å². The Labute approximate surface area is 145 Å². The maximum absolute atomic E-state index is 6.04. The molecule has 0 unspecified atom stereocenters. The molecule has 0 saturated heterocycles. The summed E-state index contributed by atoms with van der Waals surface area (Å²) in [7, 11) is 0. The Kier molecular flexibility index (Phi) is 5.96. The third kappa shape index (κ3) is 4.37. The van der Waals surface area contributed by atoms with Crippen LogP contribution in [0.4, 0.5) is 5.69 Å². The smallest absolute Gasteiger partial charge is 0.190 e. The van der Waals surface area contributed by atoms with Crippen LogP contribution >= 0.6 is 58.2 Å². The number of hydrogen-bond acceptors (Lipinski definition) is 5. The molecule has 1 aromatic carbocycles. The van der Waals surface area contributed by atoms with Gasteiger partial charge in [0.05, 0.1) is 22.5 Å². The summed E-state index contributed by atoms with van der Waals surface area (Å²) in [5, 5.41) is 5.97. The van der Waals surface area contributed by atoms with Crippen LogP contribution in [0.25, 0.3) is 0 Å². The Balaban J connectivity index is 2.18. The second-order valence-corrected chi connectivity index (χ2v) is 6.03.